The Morgan fingerprint density at radius 3 is 2.36 bits per heavy atom. The Kier molecular flexibility index (Phi) is 9.15. The molecule has 50 heavy (non-hydrogen) atoms. The lowest BCUT2D eigenvalue weighted by Crippen LogP contribution is -2.43. The van der Waals surface area contributed by atoms with Gasteiger partial charge in [0, 0.05) is 62.4 Å². The van der Waals surface area contributed by atoms with Crippen LogP contribution in [0.5, 0.6) is 17.2 Å². The van der Waals surface area contributed by atoms with Crippen LogP contribution < -0.4 is 14.8 Å². The Balaban J connectivity index is 1.12. The molecule has 3 aromatic rings. The van der Waals surface area contributed by atoms with Gasteiger partial charge in [0.2, 0.25) is 5.91 Å². The van der Waals surface area contributed by atoms with Gasteiger partial charge in [-0.3, -0.25) is 14.4 Å². The topological polar surface area (TPSA) is 131 Å². The molecule has 0 saturated carbocycles. The molecule has 10 heteroatoms. The number of aliphatic hydroxyl groups is 1. The van der Waals surface area contributed by atoms with Crippen molar-refractivity contribution >= 4 is 23.8 Å². The molecule has 3 heterocycles. The van der Waals surface area contributed by atoms with E-state index in [0.29, 0.717) is 91.2 Å². The summed E-state index contributed by atoms with van der Waals surface area (Å²) < 4.78 is 25.9. The number of carbonyl (C=O) groups is 4. The van der Waals surface area contributed by atoms with Crippen LogP contribution in [0.25, 0.3) is 0 Å². The highest BCUT2D eigenvalue weighted by atomic mass is 16.6. The lowest BCUT2D eigenvalue weighted by Gasteiger charge is -2.38. The zero-order chi connectivity index (χ0) is 36.6. The van der Waals surface area contributed by atoms with Crippen LogP contribution in [0.2, 0.25) is 0 Å². The Labute approximate surface area is 294 Å². The molecule has 3 aliphatic rings. The Morgan fingerprint density at radius 2 is 1.66 bits per heavy atom. The zero-order valence-corrected chi connectivity index (χ0v) is 29.2. The van der Waals surface area contributed by atoms with Crippen LogP contribution in [0, 0.1) is 17.8 Å². The number of hydrogen-bond acceptors (Lipinski definition) is 8. The van der Waals surface area contributed by atoms with E-state index in [0.717, 1.165) is 12.0 Å². The summed E-state index contributed by atoms with van der Waals surface area (Å²) in [5, 5.41) is 12.6. The fraction of sp³-hybridized carbons (Fsp3) is 0.450. The largest absolute Gasteiger partial charge is 0.456 e. The molecule has 1 unspecified atom stereocenters. The maximum absolute atomic E-state index is 13.6. The number of rotatable bonds is 9. The summed E-state index contributed by atoms with van der Waals surface area (Å²) in [6, 6.07) is 15.7. The molecule has 0 radical (unpaired) electrons. The summed E-state index contributed by atoms with van der Waals surface area (Å²) in [5.41, 5.74) is 0.932. The minimum absolute atomic E-state index is 0.0152. The summed E-state index contributed by atoms with van der Waals surface area (Å²) >= 11 is 0. The molecular weight excluding hydrogens is 636 g/mol. The average Bonchev–Trinajstić information content (AvgIpc) is 3.40. The monoisotopic (exact) mass is 684 g/mol. The second kappa shape index (κ2) is 13.5. The number of nitrogens with zero attached hydrogens (tertiary/aromatic N) is 1. The molecule has 1 saturated heterocycles. The van der Waals surface area contributed by atoms with Crippen LogP contribution in [0.3, 0.4) is 0 Å². The van der Waals surface area contributed by atoms with E-state index < -0.39 is 23.0 Å². The number of ether oxygens (including phenoxy) is 3. The second-order valence-electron chi connectivity index (χ2n) is 14.8. The molecule has 0 bridgehead atoms. The number of unbranched alkanes of at least 4 members (excludes halogenated alkanes) is 2. The van der Waals surface area contributed by atoms with E-state index in [2.05, 4.69) is 5.32 Å². The molecule has 10 nitrogen and oxygen atoms in total. The van der Waals surface area contributed by atoms with Gasteiger partial charge in [-0.25, -0.2) is 4.79 Å². The average molecular weight is 685 g/mol. The molecule has 2 N–H and O–H groups in total. The van der Waals surface area contributed by atoms with Crippen molar-refractivity contribution in [3.63, 3.8) is 0 Å². The van der Waals surface area contributed by atoms with Gasteiger partial charge < -0.3 is 29.5 Å². The highest BCUT2D eigenvalue weighted by Gasteiger charge is 2.53. The Morgan fingerprint density at radius 1 is 0.960 bits per heavy atom. The summed E-state index contributed by atoms with van der Waals surface area (Å²) in [6.45, 7) is 8.98. The second-order valence-corrected chi connectivity index (χ2v) is 14.8. The van der Waals surface area contributed by atoms with Crippen molar-refractivity contribution in [3.8, 4) is 17.2 Å². The summed E-state index contributed by atoms with van der Waals surface area (Å²) in [5.74, 6) is 0.0193. The van der Waals surface area contributed by atoms with Crippen molar-refractivity contribution in [2.24, 2.45) is 10.8 Å². The van der Waals surface area contributed by atoms with Crippen LogP contribution in [-0.4, -0.2) is 60.0 Å². The van der Waals surface area contributed by atoms with Crippen molar-refractivity contribution < 1.29 is 39.9 Å². The molecule has 0 aromatic heterocycles. The van der Waals surface area contributed by atoms with Gasteiger partial charge in [-0.1, -0.05) is 31.5 Å². The predicted octanol–water partition coefficient (Wildman–Crippen LogP) is 6.43. The normalized spacial score (nSPS) is 19.0. The van der Waals surface area contributed by atoms with E-state index >= 15 is 0 Å². The molecule has 264 valence electrons. The van der Waals surface area contributed by atoms with Gasteiger partial charge in [0.05, 0.1) is 11.0 Å². The van der Waals surface area contributed by atoms with Gasteiger partial charge in [0.25, 0.3) is 5.91 Å². The number of aryl methyl sites for hydroxylation is 1. The number of benzene rings is 3. The Hall–Kier alpha value is -4.70. The number of aliphatic hydroxyl groups excluding tert-OH is 1. The molecule has 0 aliphatic carbocycles. The molecule has 1 spiro atoms. The van der Waals surface area contributed by atoms with Gasteiger partial charge in [0.15, 0.2) is 5.60 Å². The third-order valence-electron chi connectivity index (χ3n) is 9.88. The van der Waals surface area contributed by atoms with E-state index in [1.165, 1.54) is 0 Å². The van der Waals surface area contributed by atoms with Crippen LogP contribution >= 0.6 is 0 Å². The van der Waals surface area contributed by atoms with E-state index in [9.17, 15) is 24.3 Å². The first-order chi connectivity index (χ1) is 24.3. The molecule has 3 aromatic carbocycles. The van der Waals surface area contributed by atoms with Gasteiger partial charge >= 0.3 is 11.9 Å². The number of nitrogens with one attached hydrogen (secondary N) is 1. The number of carbonyl (C=O) groups excluding carboxylic acids is 4. The van der Waals surface area contributed by atoms with E-state index in [-0.39, 0.29) is 36.3 Å². The fourth-order valence-electron chi connectivity index (χ4n) is 6.71. The maximum atomic E-state index is 13.6. The predicted molar refractivity (Wildman–Crippen MR) is 186 cm³/mol. The number of fused-ring (bicyclic) bond motifs is 6. The molecule has 1 atom stereocenters. The Bertz CT molecular complexity index is 1850. The van der Waals surface area contributed by atoms with E-state index in [1.54, 1.807) is 57.2 Å². The highest BCUT2D eigenvalue weighted by molar-refractivity contribution is 6.01. The quantitative estimate of drug-likeness (QED) is 0.150. The summed E-state index contributed by atoms with van der Waals surface area (Å²) in [7, 11) is 0. The first kappa shape index (κ1) is 33.8. The zero-order valence-electron chi connectivity index (χ0n) is 30.2. The van der Waals surface area contributed by atoms with Crippen molar-refractivity contribution in [3.05, 3.63) is 88.0 Å². The summed E-state index contributed by atoms with van der Waals surface area (Å²) in [4.78, 5) is 53.9. The van der Waals surface area contributed by atoms with E-state index in [1.807, 2.05) is 30.0 Å². The number of amides is 2. The van der Waals surface area contributed by atoms with Crippen molar-refractivity contribution in [1.29, 1.82) is 0 Å². The molecule has 2 amide bonds. The third kappa shape index (κ3) is 6.73. The SMILES string of the molecule is [3H]CC1(CO)CCN(C(=O)CCCCCNC(=O)c2ccc3c(c2)C(=O)OC32c3ccc(C)cc3Oc3cc(OC(=O)C(C)(C)C)ccc32)CC1. The van der Waals surface area contributed by atoms with Crippen molar-refractivity contribution in [2.45, 2.75) is 78.7 Å². The number of likely N-dealkylation sites (tertiary alicyclic amines) is 1. The maximum Gasteiger partial charge on any atom is 0.340 e. The molecule has 6 rings (SSSR count). The number of piperidine rings is 1. The van der Waals surface area contributed by atoms with Crippen LogP contribution in [-0.2, 0) is 19.9 Å². The van der Waals surface area contributed by atoms with E-state index in [4.69, 9.17) is 15.6 Å². The first-order valence-electron chi connectivity index (χ1n) is 18.0. The van der Waals surface area contributed by atoms with Crippen LogP contribution in [0.4, 0.5) is 0 Å². The van der Waals surface area contributed by atoms with Crippen molar-refractivity contribution in [2.75, 3.05) is 26.2 Å². The molecule has 3 aliphatic heterocycles. The van der Waals surface area contributed by atoms with Crippen molar-refractivity contribution in [1.82, 2.24) is 10.2 Å². The highest BCUT2D eigenvalue weighted by Crippen LogP contribution is 2.56. The minimum atomic E-state index is -1.33. The lowest BCUT2D eigenvalue weighted by atomic mass is 9.77. The fourth-order valence-corrected chi connectivity index (χ4v) is 6.71. The third-order valence-corrected chi connectivity index (χ3v) is 9.88. The van der Waals surface area contributed by atoms with Gasteiger partial charge in [-0.2, -0.15) is 0 Å². The lowest BCUT2D eigenvalue weighted by molar-refractivity contribution is -0.143. The molecular formula is C40H46N2O8. The standard InChI is InChI=1S/C40H46N2O8/c1-25-10-13-30-32(21-25)49-33-23-27(48-37(47)38(2,3)4)12-15-31(33)40(30)29-14-11-26(22-28(29)36(46)50-40)35(45)41-18-8-6-7-9-34(44)42-19-16-39(5,24-43)17-20-42/h10-15,21-23,43H,6-9,16-20,24H2,1-5H3,(H,41,45)/i5T. The molecule has 1 fully saturated rings. The summed E-state index contributed by atoms with van der Waals surface area (Å²) in [6.07, 6.45) is 3.89. The van der Waals surface area contributed by atoms with Crippen LogP contribution in [0.15, 0.2) is 54.6 Å². The van der Waals surface area contributed by atoms with Gasteiger partial charge in [0.1, 0.15) is 17.2 Å². The van der Waals surface area contributed by atoms with Gasteiger partial charge in [-0.15, -0.1) is 0 Å². The smallest absolute Gasteiger partial charge is 0.340 e. The minimum Gasteiger partial charge on any atom is -0.456 e. The number of hydrogen-bond donors (Lipinski definition) is 2. The van der Waals surface area contributed by atoms with Gasteiger partial charge in [-0.05, 0) is 94.7 Å². The van der Waals surface area contributed by atoms with Crippen LogP contribution in [0.1, 0.15) is 111 Å². The number of esters is 2. The first-order valence-corrected chi connectivity index (χ1v) is 17.3.